The quantitative estimate of drug-likeness (QED) is 0.134. The number of aromatic nitrogens is 2. The summed E-state index contributed by atoms with van der Waals surface area (Å²) in [4.78, 5) is 5.58. The third-order valence-electron chi connectivity index (χ3n) is 22.5. The van der Waals surface area contributed by atoms with E-state index >= 15 is 0 Å². The van der Waals surface area contributed by atoms with Crippen molar-refractivity contribution < 1.29 is 0 Å². The minimum absolute atomic E-state index is 0.174. The predicted octanol–water partition coefficient (Wildman–Crippen LogP) is 24.5. The van der Waals surface area contributed by atoms with E-state index in [1.807, 2.05) is 0 Å². The lowest BCUT2D eigenvalue weighted by Crippen LogP contribution is -2.61. The number of benzene rings is 13. The summed E-state index contributed by atoms with van der Waals surface area (Å²) in [5, 5.41) is 5.08. The molecule has 2 aromatic heterocycles. The van der Waals surface area contributed by atoms with Crippen molar-refractivity contribution in [3.63, 3.8) is 0 Å². The highest BCUT2D eigenvalue weighted by atomic mass is 15.2. The number of hydrogen-bond donors (Lipinski definition) is 0. The SMILES string of the molecule is Cc1ccc2c(c1)c1cc(C)ccc1n2-c1ccc2c(c1)N(c1c(-c3ccccc3)cc(C(C)(C)C)cc1-c1ccccc1)c1cc(C3CCCCC3)cc3c1B2c1ccc(-n2c4ccc(C)cc4c4cc(C)ccc42)cc1N3c1c(-c2ccccc2)cc(C(C)(C)C)cc1-c1ccccc1. The van der Waals surface area contributed by atoms with Gasteiger partial charge in [0.05, 0.1) is 33.4 Å². The van der Waals surface area contributed by atoms with Crippen molar-refractivity contribution in [3.8, 4) is 55.9 Å². The third kappa shape index (κ3) is 10.4. The van der Waals surface area contributed by atoms with Crippen LogP contribution < -0.4 is 26.2 Å². The molecule has 4 heterocycles. The minimum Gasteiger partial charge on any atom is -0.310 e. The molecule has 0 bridgehead atoms. The Labute approximate surface area is 595 Å². The van der Waals surface area contributed by atoms with Gasteiger partial charge in [0.25, 0.3) is 6.71 Å². The van der Waals surface area contributed by atoms with Gasteiger partial charge in [-0.05, 0) is 222 Å². The number of fused-ring (bicyclic) bond motifs is 10. The van der Waals surface area contributed by atoms with Gasteiger partial charge >= 0.3 is 0 Å². The molecule has 18 rings (SSSR count). The Kier molecular flexibility index (Phi) is 14.8. The van der Waals surface area contributed by atoms with Crippen LogP contribution in [0.1, 0.15) is 119 Å². The van der Waals surface area contributed by atoms with E-state index in [-0.39, 0.29) is 17.5 Å². The van der Waals surface area contributed by atoms with E-state index < -0.39 is 0 Å². The van der Waals surface area contributed by atoms with Crippen molar-refractivity contribution >= 4 is 101 Å². The highest BCUT2D eigenvalue weighted by Crippen LogP contribution is 2.56. The smallest absolute Gasteiger partial charge is 0.252 e. The number of anilines is 6. The molecule has 492 valence electrons. The van der Waals surface area contributed by atoms with E-state index in [0.717, 1.165) is 24.2 Å². The molecule has 3 aliphatic rings. The monoisotopic (exact) mass is 1300 g/mol. The maximum atomic E-state index is 2.79. The molecule has 1 saturated carbocycles. The van der Waals surface area contributed by atoms with Crippen molar-refractivity contribution in [1.29, 1.82) is 0 Å². The molecule has 0 amide bonds. The van der Waals surface area contributed by atoms with E-state index in [1.54, 1.807) is 0 Å². The van der Waals surface area contributed by atoms with Crippen LogP contribution in [0, 0.1) is 27.7 Å². The number of hydrogen-bond acceptors (Lipinski definition) is 2. The molecule has 1 aliphatic carbocycles. The minimum atomic E-state index is -0.198. The zero-order valence-corrected chi connectivity index (χ0v) is 59.9. The molecular weight excluding hydrogens is 1220 g/mol. The maximum Gasteiger partial charge on any atom is 0.252 e. The van der Waals surface area contributed by atoms with Gasteiger partial charge in [0.1, 0.15) is 0 Å². The van der Waals surface area contributed by atoms with Crippen LogP contribution >= 0.6 is 0 Å². The molecule has 2 aliphatic heterocycles. The zero-order valence-electron chi connectivity index (χ0n) is 59.9. The molecule has 13 aromatic carbocycles. The summed E-state index contributed by atoms with van der Waals surface area (Å²) in [6.45, 7) is 23.0. The van der Waals surface area contributed by atoms with E-state index in [1.165, 1.54) is 197 Å². The second kappa shape index (κ2) is 23.9. The molecule has 15 aromatic rings. The molecule has 5 heteroatoms. The standard InChI is InChI=1S/C96H85BN4/c1-60-36-44-84-78(48-60)79-49-61(2)37-45-85(79)98(84)72-40-42-82-88(58-72)100(93-74(65-28-18-12-19-29-65)54-70(95(5,6)7)55-75(93)66-30-20-13-21-31-66)90-52-69(64-26-16-11-17-27-64)53-91-92(90)97(82)83-43-41-73(99-86-46-38-62(3)50-80(86)81-51-63(4)39-47-87(81)99)59-89(83)101(91)94-76(67-32-22-14-23-33-67)56-71(96(8,9)10)57-77(94)68-34-24-15-25-35-68/h12-15,18-25,28-59,64H,11,16-17,26-27H2,1-10H3. The summed E-state index contributed by atoms with van der Waals surface area (Å²) in [5.74, 6) is 0.345. The van der Waals surface area contributed by atoms with E-state index in [9.17, 15) is 0 Å². The molecular formula is C96H85BN4. The number of nitrogens with zero attached hydrogens (tertiary/aromatic N) is 4. The van der Waals surface area contributed by atoms with Gasteiger partial charge < -0.3 is 18.9 Å². The van der Waals surface area contributed by atoms with Gasteiger partial charge in [0.15, 0.2) is 0 Å². The molecule has 1 fully saturated rings. The van der Waals surface area contributed by atoms with Gasteiger partial charge in [-0.25, -0.2) is 0 Å². The normalized spacial score (nSPS) is 13.9. The molecule has 4 nitrogen and oxygen atoms in total. The maximum absolute atomic E-state index is 2.79. The van der Waals surface area contributed by atoms with E-state index in [0.29, 0.717) is 5.92 Å². The molecule has 101 heavy (non-hydrogen) atoms. The van der Waals surface area contributed by atoms with Crippen LogP contribution in [0.15, 0.2) is 267 Å². The lowest BCUT2D eigenvalue weighted by atomic mass is 9.33. The number of aryl methyl sites for hydroxylation is 4. The first-order chi connectivity index (χ1) is 49.0. The van der Waals surface area contributed by atoms with Gasteiger partial charge in [-0.1, -0.05) is 241 Å². The predicted molar refractivity (Wildman–Crippen MR) is 433 cm³/mol. The Morgan fingerprint density at radius 2 is 0.634 bits per heavy atom. The largest absolute Gasteiger partial charge is 0.310 e. The Morgan fingerprint density at radius 1 is 0.317 bits per heavy atom. The summed E-state index contributed by atoms with van der Waals surface area (Å²) in [5.41, 5.74) is 36.3. The van der Waals surface area contributed by atoms with Crippen LogP contribution in [0.3, 0.4) is 0 Å². The summed E-state index contributed by atoms with van der Waals surface area (Å²) >= 11 is 0. The van der Waals surface area contributed by atoms with Gasteiger partial charge in [-0.15, -0.1) is 0 Å². The van der Waals surface area contributed by atoms with E-state index in [2.05, 4.69) is 355 Å². The summed E-state index contributed by atoms with van der Waals surface area (Å²) in [6, 6.07) is 104. The second-order valence-corrected chi connectivity index (χ2v) is 31.5. The van der Waals surface area contributed by atoms with Crippen LogP contribution in [0.2, 0.25) is 0 Å². The average Bonchev–Trinajstić information content (AvgIpc) is 1.14. The van der Waals surface area contributed by atoms with Crippen LogP contribution in [0.5, 0.6) is 0 Å². The Balaban J connectivity index is 1.04. The Bertz CT molecular complexity index is 5230. The van der Waals surface area contributed by atoms with E-state index in [4.69, 9.17) is 0 Å². The first-order valence-electron chi connectivity index (χ1n) is 36.7. The fraction of sp³-hybridized carbons (Fsp3) is 0.188. The topological polar surface area (TPSA) is 16.3 Å². The van der Waals surface area contributed by atoms with Crippen molar-refractivity contribution in [2.45, 2.75) is 118 Å². The molecule has 0 unspecified atom stereocenters. The van der Waals surface area contributed by atoms with Crippen molar-refractivity contribution in [2.75, 3.05) is 9.80 Å². The molecule has 0 radical (unpaired) electrons. The van der Waals surface area contributed by atoms with Gasteiger partial charge in [-0.2, -0.15) is 0 Å². The molecule has 0 saturated heterocycles. The van der Waals surface area contributed by atoms with Crippen LogP contribution in [0.4, 0.5) is 34.1 Å². The first kappa shape index (κ1) is 62.4. The second-order valence-electron chi connectivity index (χ2n) is 31.5. The highest BCUT2D eigenvalue weighted by molar-refractivity contribution is 7.00. The fourth-order valence-corrected chi connectivity index (χ4v) is 17.4. The average molecular weight is 1310 g/mol. The highest BCUT2D eigenvalue weighted by Gasteiger charge is 2.47. The molecule has 0 N–H and O–H groups in total. The van der Waals surface area contributed by atoms with Crippen LogP contribution in [0.25, 0.3) is 99.5 Å². The fourth-order valence-electron chi connectivity index (χ4n) is 17.4. The van der Waals surface area contributed by atoms with Crippen molar-refractivity contribution in [2.24, 2.45) is 0 Å². The molecule has 0 spiro atoms. The zero-order chi connectivity index (χ0) is 68.7. The Morgan fingerprint density at radius 3 is 0.941 bits per heavy atom. The lowest BCUT2D eigenvalue weighted by molar-refractivity contribution is 0.444. The summed E-state index contributed by atoms with van der Waals surface area (Å²) < 4.78 is 5.10. The molecule has 0 atom stereocenters. The third-order valence-corrected chi connectivity index (χ3v) is 22.5. The van der Waals surface area contributed by atoms with Crippen molar-refractivity contribution in [1.82, 2.24) is 9.13 Å². The Hall–Kier alpha value is -10.9. The number of rotatable bonds is 9. The first-order valence-corrected chi connectivity index (χ1v) is 36.7. The summed E-state index contributed by atoms with van der Waals surface area (Å²) in [7, 11) is 0. The van der Waals surface area contributed by atoms with Crippen molar-refractivity contribution in [3.05, 3.63) is 306 Å². The summed E-state index contributed by atoms with van der Waals surface area (Å²) in [6.07, 6.45) is 5.94. The van der Waals surface area contributed by atoms with Crippen LogP contribution in [-0.2, 0) is 10.8 Å². The van der Waals surface area contributed by atoms with Gasteiger partial charge in [-0.3, -0.25) is 0 Å². The van der Waals surface area contributed by atoms with Gasteiger partial charge in [0, 0.05) is 77.9 Å². The lowest BCUT2D eigenvalue weighted by Gasteiger charge is -2.46. The van der Waals surface area contributed by atoms with Crippen LogP contribution in [-0.4, -0.2) is 15.8 Å². The van der Waals surface area contributed by atoms with Gasteiger partial charge in [0.2, 0.25) is 0 Å².